The SMILES string of the molecule is Cc1c(-c2cccnc2)n(CCCCCCN(O)C(N)=O)c2ccccc12. The van der Waals surface area contributed by atoms with Gasteiger partial charge in [-0.3, -0.25) is 10.2 Å². The van der Waals surface area contributed by atoms with Crippen molar-refractivity contribution in [1.82, 2.24) is 14.6 Å². The first kappa shape index (κ1) is 18.9. The van der Waals surface area contributed by atoms with Gasteiger partial charge in [0.1, 0.15) is 0 Å². The summed E-state index contributed by atoms with van der Waals surface area (Å²) >= 11 is 0. The molecule has 0 aliphatic rings. The standard InChI is InChI=1S/C21H26N4O2/c1-16-18-10-4-5-11-19(18)24(20(16)17-9-8-12-23-15-17)13-6-2-3-7-14-25(27)21(22)26/h4-5,8-12,15,27H,2-3,6-7,13-14H2,1H3,(H2,22,26). The van der Waals surface area contributed by atoms with Crippen LogP contribution in [0.3, 0.4) is 0 Å². The van der Waals surface area contributed by atoms with E-state index in [1.807, 2.05) is 12.3 Å². The molecule has 0 bridgehead atoms. The monoisotopic (exact) mass is 366 g/mol. The number of benzene rings is 1. The van der Waals surface area contributed by atoms with Crippen LogP contribution >= 0.6 is 0 Å². The third kappa shape index (κ3) is 4.28. The summed E-state index contributed by atoms with van der Waals surface area (Å²) in [5.74, 6) is 0. The minimum Gasteiger partial charge on any atom is -0.350 e. The van der Waals surface area contributed by atoms with E-state index in [-0.39, 0.29) is 6.54 Å². The van der Waals surface area contributed by atoms with Gasteiger partial charge in [-0.2, -0.15) is 0 Å². The zero-order chi connectivity index (χ0) is 19.2. The molecule has 0 aliphatic heterocycles. The van der Waals surface area contributed by atoms with Crippen LogP contribution in [0.4, 0.5) is 4.79 Å². The number of carbonyl (C=O) groups is 1. The van der Waals surface area contributed by atoms with Crippen molar-refractivity contribution in [2.24, 2.45) is 5.73 Å². The van der Waals surface area contributed by atoms with E-state index in [0.29, 0.717) is 5.06 Å². The van der Waals surface area contributed by atoms with E-state index in [1.54, 1.807) is 6.20 Å². The number of aryl methyl sites for hydroxylation is 2. The molecule has 27 heavy (non-hydrogen) atoms. The van der Waals surface area contributed by atoms with Crippen LogP contribution < -0.4 is 5.73 Å². The first-order valence-electron chi connectivity index (χ1n) is 9.33. The lowest BCUT2D eigenvalue weighted by Gasteiger charge is -2.13. The maximum absolute atomic E-state index is 10.8. The van der Waals surface area contributed by atoms with Gasteiger partial charge in [0, 0.05) is 35.4 Å². The van der Waals surface area contributed by atoms with Crippen molar-refractivity contribution < 1.29 is 10.0 Å². The second-order valence-corrected chi connectivity index (χ2v) is 6.76. The van der Waals surface area contributed by atoms with Gasteiger partial charge < -0.3 is 10.3 Å². The van der Waals surface area contributed by atoms with E-state index in [2.05, 4.69) is 46.8 Å². The Bertz CT molecular complexity index is 905. The summed E-state index contributed by atoms with van der Waals surface area (Å²) < 4.78 is 2.38. The number of carbonyl (C=O) groups excluding carboxylic acids is 1. The fourth-order valence-corrected chi connectivity index (χ4v) is 3.58. The highest BCUT2D eigenvalue weighted by atomic mass is 16.5. The van der Waals surface area contributed by atoms with Gasteiger partial charge in [0.25, 0.3) is 0 Å². The van der Waals surface area contributed by atoms with E-state index in [0.717, 1.165) is 37.8 Å². The van der Waals surface area contributed by atoms with Crippen LogP contribution in [0.5, 0.6) is 0 Å². The van der Waals surface area contributed by atoms with Gasteiger partial charge in [-0.05, 0) is 43.5 Å². The van der Waals surface area contributed by atoms with Gasteiger partial charge in [-0.25, -0.2) is 9.86 Å². The number of nitrogens with zero attached hydrogens (tertiary/aromatic N) is 3. The molecule has 2 heterocycles. The Morgan fingerprint density at radius 3 is 2.67 bits per heavy atom. The average molecular weight is 366 g/mol. The molecule has 0 fully saturated rings. The third-order valence-corrected chi connectivity index (χ3v) is 4.91. The number of pyridine rings is 1. The van der Waals surface area contributed by atoms with Crippen LogP contribution in [0.2, 0.25) is 0 Å². The summed E-state index contributed by atoms with van der Waals surface area (Å²) in [6, 6.07) is 11.8. The van der Waals surface area contributed by atoms with Gasteiger partial charge in [0.2, 0.25) is 0 Å². The maximum Gasteiger partial charge on any atom is 0.338 e. The number of nitrogens with two attached hydrogens (primary N) is 1. The first-order valence-corrected chi connectivity index (χ1v) is 9.33. The third-order valence-electron chi connectivity index (χ3n) is 4.91. The van der Waals surface area contributed by atoms with Crippen LogP contribution in [0.15, 0.2) is 48.8 Å². The average Bonchev–Trinajstić information content (AvgIpc) is 2.97. The fraction of sp³-hybridized carbons (Fsp3) is 0.333. The number of hydrogen-bond acceptors (Lipinski definition) is 3. The van der Waals surface area contributed by atoms with Crippen LogP contribution in [-0.4, -0.2) is 32.4 Å². The Morgan fingerprint density at radius 2 is 1.93 bits per heavy atom. The van der Waals surface area contributed by atoms with Crippen LogP contribution in [0.1, 0.15) is 31.2 Å². The number of hydrogen-bond donors (Lipinski definition) is 2. The van der Waals surface area contributed by atoms with Gasteiger partial charge in [0.05, 0.1) is 12.2 Å². The van der Waals surface area contributed by atoms with E-state index in [4.69, 9.17) is 5.73 Å². The zero-order valence-electron chi connectivity index (χ0n) is 15.6. The molecular formula is C21H26N4O2. The second-order valence-electron chi connectivity index (χ2n) is 6.76. The molecule has 6 heteroatoms. The number of unbranched alkanes of at least 4 members (excludes halogenated alkanes) is 3. The van der Waals surface area contributed by atoms with E-state index in [9.17, 15) is 10.0 Å². The predicted molar refractivity (Wildman–Crippen MR) is 106 cm³/mol. The van der Waals surface area contributed by atoms with Crippen molar-refractivity contribution in [2.75, 3.05) is 6.54 Å². The minimum absolute atomic E-state index is 0.280. The lowest BCUT2D eigenvalue weighted by atomic mass is 10.1. The molecular weight excluding hydrogens is 340 g/mol. The summed E-state index contributed by atoms with van der Waals surface area (Å²) in [6.07, 6.45) is 7.42. The summed E-state index contributed by atoms with van der Waals surface area (Å²) in [5, 5.41) is 11.1. The Hall–Kier alpha value is -2.86. The molecule has 142 valence electrons. The van der Waals surface area contributed by atoms with Gasteiger partial charge in [-0.15, -0.1) is 0 Å². The van der Waals surface area contributed by atoms with Crippen molar-refractivity contribution in [1.29, 1.82) is 0 Å². The number of urea groups is 1. The van der Waals surface area contributed by atoms with Crippen molar-refractivity contribution in [2.45, 2.75) is 39.2 Å². The number of primary amides is 1. The molecule has 0 saturated carbocycles. The van der Waals surface area contributed by atoms with E-state index >= 15 is 0 Å². The smallest absolute Gasteiger partial charge is 0.338 e. The molecule has 3 N–H and O–H groups in total. The number of amides is 2. The van der Waals surface area contributed by atoms with Crippen LogP contribution in [0, 0.1) is 6.92 Å². The summed E-state index contributed by atoms with van der Waals surface area (Å²) in [5.41, 5.74) is 9.87. The maximum atomic E-state index is 10.8. The second kappa shape index (κ2) is 8.68. The van der Waals surface area contributed by atoms with Crippen molar-refractivity contribution in [3.63, 3.8) is 0 Å². The van der Waals surface area contributed by atoms with E-state index in [1.165, 1.54) is 22.2 Å². The van der Waals surface area contributed by atoms with Crippen molar-refractivity contribution >= 4 is 16.9 Å². The molecule has 6 nitrogen and oxygen atoms in total. The highest BCUT2D eigenvalue weighted by Gasteiger charge is 2.15. The lowest BCUT2D eigenvalue weighted by Crippen LogP contribution is -2.33. The summed E-state index contributed by atoms with van der Waals surface area (Å²) in [7, 11) is 0. The Labute approximate surface area is 159 Å². The number of hydroxylamine groups is 2. The first-order chi connectivity index (χ1) is 13.1. The van der Waals surface area contributed by atoms with Gasteiger partial charge >= 0.3 is 6.03 Å². The van der Waals surface area contributed by atoms with Crippen LogP contribution in [0.25, 0.3) is 22.2 Å². The quantitative estimate of drug-likeness (QED) is 0.353. The summed E-state index contributed by atoms with van der Waals surface area (Å²) in [4.78, 5) is 15.1. The zero-order valence-corrected chi connectivity index (χ0v) is 15.6. The number of aromatic nitrogens is 2. The fourth-order valence-electron chi connectivity index (χ4n) is 3.58. The van der Waals surface area contributed by atoms with Crippen molar-refractivity contribution in [3.05, 3.63) is 54.4 Å². The molecule has 0 unspecified atom stereocenters. The molecule has 0 saturated heterocycles. The predicted octanol–water partition coefficient (Wildman–Crippen LogP) is 4.34. The highest BCUT2D eigenvalue weighted by Crippen LogP contribution is 2.33. The molecule has 0 spiro atoms. The van der Waals surface area contributed by atoms with Gasteiger partial charge in [-0.1, -0.05) is 31.0 Å². The normalized spacial score (nSPS) is 11.0. The molecule has 0 radical (unpaired) electrons. The Morgan fingerprint density at radius 1 is 1.15 bits per heavy atom. The van der Waals surface area contributed by atoms with Crippen LogP contribution in [-0.2, 0) is 6.54 Å². The Balaban J connectivity index is 1.71. The minimum atomic E-state index is -0.801. The van der Waals surface area contributed by atoms with Crippen molar-refractivity contribution in [3.8, 4) is 11.3 Å². The molecule has 1 aromatic carbocycles. The summed E-state index contributed by atoms with van der Waals surface area (Å²) in [6.45, 7) is 3.36. The molecule has 0 aliphatic carbocycles. The molecule has 0 atom stereocenters. The number of fused-ring (bicyclic) bond motifs is 1. The Kier molecular flexibility index (Phi) is 6.08. The molecule has 3 rings (SSSR count). The topological polar surface area (TPSA) is 84.4 Å². The van der Waals surface area contributed by atoms with E-state index < -0.39 is 6.03 Å². The number of rotatable bonds is 8. The highest BCUT2D eigenvalue weighted by molar-refractivity contribution is 5.91. The number of para-hydroxylation sites is 1. The largest absolute Gasteiger partial charge is 0.350 e. The van der Waals surface area contributed by atoms with Gasteiger partial charge in [0.15, 0.2) is 0 Å². The molecule has 2 amide bonds. The molecule has 3 aromatic rings. The lowest BCUT2D eigenvalue weighted by molar-refractivity contribution is -0.0403. The molecule has 2 aromatic heterocycles.